The Morgan fingerprint density at radius 2 is 2.00 bits per heavy atom. The van der Waals surface area contributed by atoms with Crippen LogP contribution in [0.2, 0.25) is 0 Å². The Balaban J connectivity index is 1.35. The van der Waals surface area contributed by atoms with Gasteiger partial charge in [-0.25, -0.2) is 14.4 Å². The number of hydrogen-bond donors (Lipinski definition) is 0. The second kappa shape index (κ2) is 8.46. The van der Waals surface area contributed by atoms with Gasteiger partial charge >= 0.3 is 11.3 Å². The van der Waals surface area contributed by atoms with Gasteiger partial charge in [-0.2, -0.15) is 5.10 Å². The van der Waals surface area contributed by atoms with Crippen molar-refractivity contribution in [3.05, 3.63) is 81.3 Å². The molecule has 0 amide bonds. The van der Waals surface area contributed by atoms with Crippen molar-refractivity contribution in [1.29, 1.82) is 0 Å². The van der Waals surface area contributed by atoms with Crippen molar-refractivity contribution in [3.8, 4) is 0 Å². The van der Waals surface area contributed by atoms with E-state index in [-0.39, 0.29) is 5.56 Å². The first-order valence-electron chi connectivity index (χ1n) is 11.8. The first-order chi connectivity index (χ1) is 17.1. The van der Waals surface area contributed by atoms with Gasteiger partial charge in [-0.3, -0.25) is 14.6 Å². The molecule has 0 atom stereocenters. The summed E-state index contributed by atoms with van der Waals surface area (Å²) >= 11 is 0. The lowest BCUT2D eigenvalue weighted by Gasteiger charge is -2.04. The molecule has 5 aromatic heterocycles. The topological polar surface area (TPSA) is 107 Å². The number of fused-ring (bicyclic) bond motifs is 3. The lowest BCUT2D eigenvalue weighted by molar-refractivity contribution is -0.679. The standard InChI is InChI=1S/C25H24N9O/c1-3-4-5-9-33-22-11-20(29-23(22)24(35)34-16(2)30-31-25(33)34)18-13-28-32(15-18)14-17-10-21-19(27-12-17)7-6-8-26-21/h6-8,10-13,15H,3-5,9,14H2,1-2H3/q+1. The van der Waals surface area contributed by atoms with E-state index in [1.807, 2.05) is 41.4 Å². The molecule has 0 N–H and O–H groups in total. The molecule has 6 heterocycles. The first kappa shape index (κ1) is 21.2. The molecule has 1 aliphatic rings. The Labute approximate surface area is 200 Å². The maximum atomic E-state index is 13.2. The van der Waals surface area contributed by atoms with E-state index in [0.29, 0.717) is 29.2 Å². The summed E-state index contributed by atoms with van der Waals surface area (Å²) in [4.78, 5) is 26.8. The van der Waals surface area contributed by atoms with E-state index in [2.05, 4.69) is 36.8 Å². The smallest absolute Gasteiger partial charge is 0.268 e. The average molecular weight is 467 g/mol. The number of pyridine rings is 2. The quantitative estimate of drug-likeness (QED) is 0.268. The molecule has 0 saturated heterocycles. The summed E-state index contributed by atoms with van der Waals surface area (Å²) in [6, 6.07) is 5.84. The van der Waals surface area contributed by atoms with Crippen LogP contribution in [0.1, 0.15) is 48.8 Å². The molecule has 0 saturated carbocycles. The van der Waals surface area contributed by atoms with E-state index in [4.69, 9.17) is 4.99 Å². The van der Waals surface area contributed by atoms with Gasteiger partial charge in [0.1, 0.15) is 5.69 Å². The van der Waals surface area contributed by atoms with Gasteiger partial charge < -0.3 is 0 Å². The lowest BCUT2D eigenvalue weighted by Crippen LogP contribution is -2.50. The van der Waals surface area contributed by atoms with Gasteiger partial charge in [0, 0.05) is 42.3 Å². The van der Waals surface area contributed by atoms with Crippen LogP contribution in [0.3, 0.4) is 0 Å². The SMILES string of the molecule is CCCCC[n+]1c2c(c(=O)n3c(C)nnc31)=NC(c1cnn(Cc3cnc4cccnc4c3)c1)=C2. The van der Waals surface area contributed by atoms with E-state index in [1.165, 1.54) is 0 Å². The molecule has 0 aliphatic carbocycles. The third-order valence-corrected chi connectivity index (χ3v) is 6.26. The van der Waals surface area contributed by atoms with Crippen LogP contribution in [-0.4, -0.2) is 34.3 Å². The molecular formula is C25H24N9O+. The highest BCUT2D eigenvalue weighted by molar-refractivity contribution is 5.81. The molecule has 35 heavy (non-hydrogen) atoms. The molecular weight excluding hydrogens is 442 g/mol. The molecule has 0 bridgehead atoms. The van der Waals surface area contributed by atoms with Crippen LogP contribution in [-0.2, 0) is 13.1 Å². The van der Waals surface area contributed by atoms with E-state index < -0.39 is 0 Å². The molecule has 0 spiro atoms. The minimum Gasteiger partial charge on any atom is -0.268 e. The average Bonchev–Trinajstić information content (AvgIpc) is 3.60. The highest BCUT2D eigenvalue weighted by Crippen LogP contribution is 2.21. The summed E-state index contributed by atoms with van der Waals surface area (Å²) in [5.41, 5.74) is 4.86. The zero-order valence-electron chi connectivity index (χ0n) is 19.6. The highest BCUT2D eigenvalue weighted by atomic mass is 16.1. The van der Waals surface area contributed by atoms with Crippen LogP contribution >= 0.6 is 0 Å². The molecule has 174 valence electrons. The van der Waals surface area contributed by atoms with Crippen LogP contribution in [0.5, 0.6) is 0 Å². The highest BCUT2D eigenvalue weighted by Gasteiger charge is 2.27. The Kier molecular flexibility index (Phi) is 5.13. The molecule has 0 aromatic carbocycles. The normalized spacial score (nSPS) is 12.8. The van der Waals surface area contributed by atoms with Crippen molar-refractivity contribution >= 4 is 28.6 Å². The van der Waals surface area contributed by atoms with Gasteiger partial charge in [-0.1, -0.05) is 19.8 Å². The molecule has 10 nitrogen and oxygen atoms in total. The van der Waals surface area contributed by atoms with Gasteiger partial charge in [0.25, 0.3) is 0 Å². The summed E-state index contributed by atoms with van der Waals surface area (Å²) in [5.74, 6) is 1.12. The zero-order valence-corrected chi connectivity index (χ0v) is 19.6. The van der Waals surface area contributed by atoms with Crippen molar-refractivity contribution in [2.75, 3.05) is 0 Å². The minimum atomic E-state index is -0.197. The molecule has 6 rings (SSSR count). The first-order valence-corrected chi connectivity index (χ1v) is 11.8. The maximum absolute atomic E-state index is 13.2. The van der Waals surface area contributed by atoms with E-state index in [0.717, 1.165) is 53.7 Å². The maximum Gasteiger partial charge on any atom is 0.431 e. The minimum absolute atomic E-state index is 0.197. The number of rotatable bonds is 7. The molecule has 0 fully saturated rings. The summed E-state index contributed by atoms with van der Waals surface area (Å²) in [5, 5.41) is 13.4. The van der Waals surface area contributed by atoms with Gasteiger partial charge in [-0.05, 0) is 35.3 Å². The number of nitrogens with zero attached hydrogens (tertiary/aromatic N) is 9. The van der Waals surface area contributed by atoms with Crippen molar-refractivity contribution in [3.63, 3.8) is 0 Å². The van der Waals surface area contributed by atoms with Gasteiger partial charge in [-0.15, -0.1) is 4.40 Å². The monoisotopic (exact) mass is 466 g/mol. The van der Waals surface area contributed by atoms with E-state index >= 15 is 0 Å². The fourth-order valence-corrected chi connectivity index (χ4v) is 4.49. The number of unbranched alkanes of at least 4 members (excludes halogenated alkanes) is 2. The Morgan fingerprint density at radius 3 is 2.89 bits per heavy atom. The Hall–Kier alpha value is -4.34. The molecule has 0 unspecified atom stereocenters. The van der Waals surface area contributed by atoms with Crippen molar-refractivity contribution in [1.82, 2.24) is 34.3 Å². The predicted molar refractivity (Wildman–Crippen MR) is 129 cm³/mol. The van der Waals surface area contributed by atoms with Crippen LogP contribution in [0.25, 0.3) is 28.6 Å². The van der Waals surface area contributed by atoms with Crippen LogP contribution < -0.4 is 15.5 Å². The van der Waals surface area contributed by atoms with E-state index in [9.17, 15) is 4.79 Å². The largest absolute Gasteiger partial charge is 0.431 e. The third-order valence-electron chi connectivity index (χ3n) is 6.26. The second-order valence-electron chi connectivity index (χ2n) is 8.73. The van der Waals surface area contributed by atoms with Crippen molar-refractivity contribution in [2.24, 2.45) is 4.99 Å². The molecule has 1 aliphatic heterocycles. The Bertz CT molecular complexity index is 1730. The Morgan fingerprint density at radius 1 is 1.09 bits per heavy atom. The fourth-order valence-electron chi connectivity index (χ4n) is 4.49. The number of hydrogen-bond acceptors (Lipinski definition) is 7. The van der Waals surface area contributed by atoms with Crippen LogP contribution in [0.15, 0.2) is 52.8 Å². The summed E-state index contributed by atoms with van der Waals surface area (Å²) in [7, 11) is 0. The summed E-state index contributed by atoms with van der Waals surface area (Å²) in [6.45, 7) is 5.26. The summed E-state index contributed by atoms with van der Waals surface area (Å²) in [6.07, 6.45) is 12.5. The van der Waals surface area contributed by atoms with Crippen molar-refractivity contribution in [2.45, 2.75) is 46.2 Å². The van der Waals surface area contributed by atoms with Gasteiger partial charge in [0.15, 0.2) is 5.36 Å². The van der Waals surface area contributed by atoms with Gasteiger partial charge in [0.05, 0.1) is 36.0 Å². The lowest BCUT2D eigenvalue weighted by atomic mass is 10.2. The van der Waals surface area contributed by atoms with Gasteiger partial charge in [0.2, 0.25) is 5.82 Å². The van der Waals surface area contributed by atoms with Crippen LogP contribution in [0.4, 0.5) is 0 Å². The molecule has 0 radical (unpaired) electrons. The summed E-state index contributed by atoms with van der Waals surface area (Å²) < 4.78 is 5.45. The van der Waals surface area contributed by atoms with Crippen molar-refractivity contribution < 1.29 is 4.57 Å². The fraction of sp³-hybridized carbons (Fsp3) is 0.280. The van der Waals surface area contributed by atoms with Crippen LogP contribution in [0, 0.1) is 6.92 Å². The number of aromatic nitrogens is 8. The van der Waals surface area contributed by atoms with E-state index in [1.54, 1.807) is 23.7 Å². The number of aryl methyl sites for hydroxylation is 2. The predicted octanol–water partition coefficient (Wildman–Crippen LogP) is 1.91. The molecule has 5 aromatic rings. The second-order valence-corrected chi connectivity index (χ2v) is 8.73. The third kappa shape index (κ3) is 3.67. The molecule has 10 heteroatoms. The zero-order chi connectivity index (χ0) is 23.9.